The van der Waals surface area contributed by atoms with Crippen LogP contribution in [0.25, 0.3) is 0 Å². The van der Waals surface area contributed by atoms with Crippen LogP contribution in [0.4, 0.5) is 17.2 Å². The monoisotopic (exact) mass is 314 g/mol. The number of anilines is 1. The topological polar surface area (TPSA) is 102 Å². The average molecular weight is 314 g/mol. The molecular formula is C15H14N4O4. The van der Waals surface area contributed by atoms with Crippen molar-refractivity contribution in [1.82, 2.24) is 4.98 Å². The van der Waals surface area contributed by atoms with Crippen LogP contribution in [0.1, 0.15) is 18.4 Å². The second-order valence-electron chi connectivity index (χ2n) is 5.38. The molecule has 0 bridgehead atoms. The third kappa shape index (κ3) is 3.25. The molecule has 1 aliphatic carbocycles. The van der Waals surface area contributed by atoms with Crippen molar-refractivity contribution in [3.05, 3.63) is 68.4 Å². The summed E-state index contributed by atoms with van der Waals surface area (Å²) in [5.41, 5.74) is 0.597. The van der Waals surface area contributed by atoms with E-state index in [9.17, 15) is 20.2 Å². The zero-order valence-electron chi connectivity index (χ0n) is 12.2. The van der Waals surface area contributed by atoms with E-state index in [4.69, 9.17) is 0 Å². The predicted molar refractivity (Wildman–Crippen MR) is 83.2 cm³/mol. The third-order valence-electron chi connectivity index (χ3n) is 3.75. The molecule has 0 radical (unpaired) electrons. The number of rotatable bonds is 6. The molecule has 118 valence electrons. The van der Waals surface area contributed by atoms with Crippen LogP contribution in [0.2, 0.25) is 0 Å². The molecular weight excluding hydrogens is 300 g/mol. The van der Waals surface area contributed by atoms with Crippen LogP contribution in [0.5, 0.6) is 0 Å². The molecule has 0 unspecified atom stereocenters. The van der Waals surface area contributed by atoms with Gasteiger partial charge in [0.1, 0.15) is 12.0 Å². The largest absolute Gasteiger partial charge is 0.349 e. The maximum absolute atomic E-state index is 11.1. The van der Waals surface area contributed by atoms with E-state index in [1.165, 1.54) is 18.3 Å². The number of hydrogen-bond donors (Lipinski definition) is 0. The van der Waals surface area contributed by atoms with Crippen LogP contribution in [0, 0.1) is 20.2 Å². The van der Waals surface area contributed by atoms with Gasteiger partial charge in [0.15, 0.2) is 0 Å². The van der Waals surface area contributed by atoms with Crippen LogP contribution in [0.15, 0.2) is 42.6 Å². The molecule has 8 nitrogen and oxygen atoms in total. The van der Waals surface area contributed by atoms with Gasteiger partial charge in [-0.3, -0.25) is 20.2 Å². The first-order chi connectivity index (χ1) is 11.1. The lowest BCUT2D eigenvalue weighted by molar-refractivity contribution is -0.385. The van der Waals surface area contributed by atoms with Gasteiger partial charge < -0.3 is 4.90 Å². The number of nitro benzene ring substituents is 1. The summed E-state index contributed by atoms with van der Waals surface area (Å²) >= 11 is 0. The third-order valence-corrected chi connectivity index (χ3v) is 3.75. The van der Waals surface area contributed by atoms with Gasteiger partial charge in [-0.25, -0.2) is 4.98 Å². The standard InChI is InChI=1S/C15H14N4O4/c20-18(21)13-7-8-15(16-9-13)17(12-5-6-12)10-11-3-1-2-4-14(11)19(22)23/h1-4,7-9,12H,5-6,10H2. The fourth-order valence-electron chi connectivity index (χ4n) is 2.45. The number of nitro groups is 2. The number of nitrogens with zero attached hydrogens (tertiary/aromatic N) is 4. The molecule has 0 amide bonds. The highest BCUT2D eigenvalue weighted by Crippen LogP contribution is 2.33. The van der Waals surface area contributed by atoms with Crippen LogP contribution >= 0.6 is 0 Å². The predicted octanol–water partition coefficient (Wildman–Crippen LogP) is 3.07. The van der Waals surface area contributed by atoms with Gasteiger partial charge in [0, 0.05) is 23.7 Å². The highest BCUT2D eigenvalue weighted by atomic mass is 16.6. The lowest BCUT2D eigenvalue weighted by Crippen LogP contribution is -2.26. The summed E-state index contributed by atoms with van der Waals surface area (Å²) < 4.78 is 0. The molecule has 1 aromatic carbocycles. The number of aromatic nitrogens is 1. The Bertz CT molecular complexity index is 743. The molecule has 1 aliphatic rings. The van der Waals surface area contributed by atoms with Crippen LogP contribution in [0.3, 0.4) is 0 Å². The van der Waals surface area contributed by atoms with Gasteiger partial charge in [0.25, 0.3) is 11.4 Å². The first-order valence-corrected chi connectivity index (χ1v) is 7.15. The van der Waals surface area contributed by atoms with E-state index >= 15 is 0 Å². The maximum Gasteiger partial charge on any atom is 0.287 e. The zero-order valence-corrected chi connectivity index (χ0v) is 12.2. The minimum atomic E-state index is -0.500. The van der Waals surface area contributed by atoms with Gasteiger partial charge in [0.05, 0.1) is 16.4 Å². The van der Waals surface area contributed by atoms with E-state index in [-0.39, 0.29) is 17.4 Å². The van der Waals surface area contributed by atoms with Crippen LogP contribution < -0.4 is 4.90 Å². The summed E-state index contributed by atoms with van der Waals surface area (Å²) in [7, 11) is 0. The molecule has 1 heterocycles. The highest BCUT2D eigenvalue weighted by molar-refractivity contribution is 5.49. The normalized spacial score (nSPS) is 13.6. The van der Waals surface area contributed by atoms with E-state index in [1.54, 1.807) is 24.3 Å². The van der Waals surface area contributed by atoms with Crippen LogP contribution in [-0.4, -0.2) is 20.9 Å². The second kappa shape index (κ2) is 5.99. The molecule has 1 aromatic heterocycles. The number of pyridine rings is 1. The highest BCUT2D eigenvalue weighted by Gasteiger charge is 2.31. The van der Waals surface area contributed by atoms with Gasteiger partial charge in [-0.05, 0) is 18.9 Å². The van der Waals surface area contributed by atoms with Crippen LogP contribution in [-0.2, 0) is 6.54 Å². The van der Waals surface area contributed by atoms with Crippen molar-refractivity contribution in [1.29, 1.82) is 0 Å². The van der Waals surface area contributed by atoms with Crippen molar-refractivity contribution < 1.29 is 9.85 Å². The summed E-state index contributed by atoms with van der Waals surface area (Å²) in [5, 5.41) is 21.9. The summed E-state index contributed by atoms with van der Waals surface area (Å²) in [6.45, 7) is 0.354. The summed E-state index contributed by atoms with van der Waals surface area (Å²) in [6.07, 6.45) is 3.18. The first kappa shape index (κ1) is 14.9. The second-order valence-corrected chi connectivity index (χ2v) is 5.38. The van der Waals surface area contributed by atoms with Gasteiger partial charge in [-0.15, -0.1) is 0 Å². The molecule has 3 rings (SSSR count). The fraction of sp³-hybridized carbons (Fsp3) is 0.267. The Hall–Kier alpha value is -3.03. The fourth-order valence-corrected chi connectivity index (χ4v) is 2.45. The van der Waals surface area contributed by atoms with E-state index in [1.807, 2.05) is 4.90 Å². The summed E-state index contributed by atoms with van der Waals surface area (Å²) in [4.78, 5) is 27.1. The van der Waals surface area contributed by atoms with Crippen molar-refractivity contribution >= 4 is 17.2 Å². The summed E-state index contributed by atoms with van der Waals surface area (Å²) in [5.74, 6) is 0.594. The lowest BCUT2D eigenvalue weighted by Gasteiger charge is -2.23. The van der Waals surface area contributed by atoms with Crippen molar-refractivity contribution in [2.75, 3.05) is 4.90 Å². The van der Waals surface area contributed by atoms with Gasteiger partial charge in [-0.1, -0.05) is 18.2 Å². The summed E-state index contributed by atoms with van der Waals surface area (Å²) in [6, 6.07) is 9.85. The molecule has 0 aliphatic heterocycles. The van der Waals surface area contributed by atoms with Crippen molar-refractivity contribution in [3.63, 3.8) is 0 Å². The Balaban J connectivity index is 1.88. The quantitative estimate of drug-likeness (QED) is 0.599. The van der Waals surface area contributed by atoms with Crippen molar-refractivity contribution in [2.24, 2.45) is 0 Å². The zero-order chi connectivity index (χ0) is 16.4. The molecule has 0 spiro atoms. The van der Waals surface area contributed by atoms with Gasteiger partial charge >= 0.3 is 0 Å². The first-order valence-electron chi connectivity index (χ1n) is 7.15. The molecule has 23 heavy (non-hydrogen) atoms. The Morgan fingerprint density at radius 1 is 1.09 bits per heavy atom. The Morgan fingerprint density at radius 2 is 1.83 bits per heavy atom. The van der Waals surface area contributed by atoms with E-state index in [0.717, 1.165) is 12.8 Å². The number of benzene rings is 1. The maximum atomic E-state index is 11.1. The van der Waals surface area contributed by atoms with E-state index in [0.29, 0.717) is 17.9 Å². The smallest absolute Gasteiger partial charge is 0.287 e. The van der Waals surface area contributed by atoms with E-state index in [2.05, 4.69) is 4.98 Å². The Morgan fingerprint density at radius 3 is 2.39 bits per heavy atom. The molecule has 0 N–H and O–H groups in total. The molecule has 0 saturated heterocycles. The molecule has 8 heteroatoms. The molecule has 1 saturated carbocycles. The molecule has 1 fully saturated rings. The minimum absolute atomic E-state index is 0.0695. The lowest BCUT2D eigenvalue weighted by atomic mass is 10.1. The molecule has 2 aromatic rings. The number of para-hydroxylation sites is 1. The van der Waals surface area contributed by atoms with Crippen molar-refractivity contribution in [2.45, 2.75) is 25.4 Å². The van der Waals surface area contributed by atoms with Crippen molar-refractivity contribution in [3.8, 4) is 0 Å². The van der Waals surface area contributed by atoms with Gasteiger partial charge in [0.2, 0.25) is 0 Å². The SMILES string of the molecule is O=[N+]([O-])c1ccc(N(Cc2ccccc2[N+](=O)[O-])C2CC2)nc1. The molecule has 0 atom stereocenters. The average Bonchev–Trinajstić information content (AvgIpc) is 3.37. The Labute approximate surface area is 131 Å². The minimum Gasteiger partial charge on any atom is -0.349 e. The Kier molecular flexibility index (Phi) is 3.88. The number of hydrogen-bond acceptors (Lipinski definition) is 6. The van der Waals surface area contributed by atoms with E-state index < -0.39 is 9.85 Å². The van der Waals surface area contributed by atoms with Gasteiger partial charge in [-0.2, -0.15) is 0 Å².